The second-order valence-corrected chi connectivity index (χ2v) is 6.82. The van der Waals surface area contributed by atoms with Crippen molar-refractivity contribution in [1.29, 1.82) is 0 Å². The van der Waals surface area contributed by atoms with Crippen molar-refractivity contribution < 1.29 is 0 Å². The topological polar surface area (TPSA) is 26.0 Å². The van der Waals surface area contributed by atoms with Gasteiger partial charge in [0.2, 0.25) is 0 Å². The summed E-state index contributed by atoms with van der Waals surface area (Å²) in [7, 11) is 0. The summed E-state index contributed by atoms with van der Waals surface area (Å²) in [5.41, 5.74) is 8.91. The van der Waals surface area contributed by atoms with E-state index in [1.54, 1.807) is 0 Å². The molecule has 0 bridgehead atoms. The normalized spacial score (nSPS) is 10.9. The first kappa shape index (κ1) is 15.5. The molecule has 106 valence electrons. The van der Waals surface area contributed by atoms with Crippen LogP contribution < -0.4 is 5.73 Å². The van der Waals surface area contributed by atoms with E-state index >= 15 is 0 Å². The molecule has 0 aliphatic rings. The first-order valence-corrected chi connectivity index (χ1v) is 9.14. The number of nitrogens with two attached hydrogens (primary N) is 1. The lowest BCUT2D eigenvalue weighted by Gasteiger charge is -2.11. The maximum Gasteiger partial charge on any atom is 0.0222 e. The van der Waals surface area contributed by atoms with E-state index in [0.29, 0.717) is 0 Å². The molecular formula is C17H21NS2. The van der Waals surface area contributed by atoms with Gasteiger partial charge in [-0.25, -0.2) is 0 Å². The molecule has 0 aliphatic heterocycles. The molecule has 0 fully saturated rings. The van der Waals surface area contributed by atoms with Crippen LogP contribution in [0.15, 0.2) is 60.7 Å². The van der Waals surface area contributed by atoms with E-state index in [2.05, 4.69) is 60.7 Å². The zero-order valence-electron chi connectivity index (χ0n) is 11.6. The van der Waals surface area contributed by atoms with Gasteiger partial charge in [-0.05, 0) is 11.1 Å². The van der Waals surface area contributed by atoms with Crippen molar-refractivity contribution in [3.8, 4) is 0 Å². The molecule has 3 heteroatoms. The van der Waals surface area contributed by atoms with E-state index < -0.39 is 0 Å². The summed E-state index contributed by atoms with van der Waals surface area (Å²) < 4.78 is 0. The lowest BCUT2D eigenvalue weighted by atomic mass is 10.2. The molecule has 0 unspecified atom stereocenters. The third-order valence-corrected chi connectivity index (χ3v) is 5.29. The smallest absolute Gasteiger partial charge is 0.0222 e. The summed E-state index contributed by atoms with van der Waals surface area (Å²) in [5.74, 6) is 4.16. The molecule has 1 nitrogen and oxygen atoms in total. The van der Waals surface area contributed by atoms with Gasteiger partial charge >= 0.3 is 0 Å². The van der Waals surface area contributed by atoms with E-state index in [1.165, 1.54) is 11.1 Å². The number of thioether (sulfide) groups is 2. The van der Waals surface area contributed by atoms with E-state index in [4.69, 9.17) is 5.73 Å². The largest absolute Gasteiger partial charge is 0.326 e. The van der Waals surface area contributed by atoms with Crippen molar-refractivity contribution in [1.82, 2.24) is 0 Å². The molecule has 0 heterocycles. The van der Waals surface area contributed by atoms with Crippen LogP contribution in [0.1, 0.15) is 11.1 Å². The molecule has 2 rings (SSSR count). The zero-order valence-corrected chi connectivity index (χ0v) is 13.2. The Hall–Kier alpha value is -0.900. The second kappa shape index (κ2) is 9.11. The summed E-state index contributed by atoms with van der Waals surface area (Å²) in [6.45, 7) is 0. The monoisotopic (exact) mass is 303 g/mol. The second-order valence-electron chi connectivity index (χ2n) is 4.76. The molecule has 0 spiro atoms. The van der Waals surface area contributed by atoms with Gasteiger partial charge in [-0.2, -0.15) is 23.5 Å². The minimum absolute atomic E-state index is 0.275. The molecular weight excluding hydrogens is 282 g/mol. The summed E-state index contributed by atoms with van der Waals surface area (Å²) in [6.07, 6.45) is 0. The van der Waals surface area contributed by atoms with Crippen LogP contribution in [0.25, 0.3) is 0 Å². The van der Waals surface area contributed by atoms with Crippen LogP contribution >= 0.6 is 23.5 Å². The zero-order chi connectivity index (χ0) is 14.0. The van der Waals surface area contributed by atoms with Gasteiger partial charge in [0.15, 0.2) is 0 Å². The maximum absolute atomic E-state index is 6.16. The van der Waals surface area contributed by atoms with Crippen LogP contribution in [0, 0.1) is 0 Å². The summed E-state index contributed by atoms with van der Waals surface area (Å²) in [4.78, 5) is 0. The molecule has 0 aromatic heterocycles. The Kier molecular flexibility index (Phi) is 7.06. The Bertz CT molecular complexity index is 427. The molecule has 0 aliphatic carbocycles. The Morgan fingerprint density at radius 1 is 0.700 bits per heavy atom. The average Bonchev–Trinajstić information content (AvgIpc) is 2.49. The van der Waals surface area contributed by atoms with Crippen LogP contribution in [-0.4, -0.2) is 17.5 Å². The van der Waals surface area contributed by atoms with Crippen molar-refractivity contribution in [3.05, 3.63) is 71.8 Å². The van der Waals surface area contributed by atoms with Gasteiger partial charge in [0.25, 0.3) is 0 Å². The van der Waals surface area contributed by atoms with E-state index in [-0.39, 0.29) is 6.04 Å². The molecule has 0 atom stereocenters. The Morgan fingerprint density at radius 3 is 1.50 bits per heavy atom. The number of hydrogen-bond acceptors (Lipinski definition) is 3. The van der Waals surface area contributed by atoms with Gasteiger partial charge in [-0.15, -0.1) is 0 Å². The Labute approximate surface area is 130 Å². The summed E-state index contributed by atoms with van der Waals surface area (Å²) >= 11 is 3.84. The predicted molar refractivity (Wildman–Crippen MR) is 93.2 cm³/mol. The standard InChI is InChI=1S/C17H21NS2/c18-17(13-19-11-15-7-3-1-4-8-15)14-20-12-16-9-5-2-6-10-16/h1-10,17H,11-14,18H2. The number of hydrogen-bond donors (Lipinski definition) is 1. The van der Waals surface area contributed by atoms with Gasteiger partial charge in [0, 0.05) is 29.1 Å². The van der Waals surface area contributed by atoms with Crippen molar-refractivity contribution in [2.75, 3.05) is 11.5 Å². The molecule has 0 amide bonds. The third kappa shape index (κ3) is 6.04. The van der Waals surface area contributed by atoms with Crippen molar-refractivity contribution in [2.24, 2.45) is 5.73 Å². The molecule has 2 N–H and O–H groups in total. The van der Waals surface area contributed by atoms with Crippen molar-refractivity contribution >= 4 is 23.5 Å². The van der Waals surface area contributed by atoms with Crippen molar-refractivity contribution in [2.45, 2.75) is 17.5 Å². The Balaban J connectivity index is 1.58. The molecule has 0 radical (unpaired) electrons. The molecule has 20 heavy (non-hydrogen) atoms. The Morgan fingerprint density at radius 2 is 1.10 bits per heavy atom. The lowest BCUT2D eigenvalue weighted by molar-refractivity contribution is 0.859. The van der Waals surface area contributed by atoms with Gasteiger partial charge in [0.1, 0.15) is 0 Å². The van der Waals surface area contributed by atoms with Gasteiger partial charge < -0.3 is 5.73 Å². The SMILES string of the molecule is NC(CSCc1ccccc1)CSCc1ccccc1. The van der Waals surface area contributed by atoms with E-state index in [9.17, 15) is 0 Å². The van der Waals surface area contributed by atoms with Crippen LogP contribution in [0.5, 0.6) is 0 Å². The van der Waals surface area contributed by atoms with Crippen LogP contribution in [0.4, 0.5) is 0 Å². The highest BCUT2D eigenvalue weighted by Gasteiger charge is 2.03. The number of rotatable bonds is 8. The third-order valence-electron chi connectivity index (χ3n) is 2.89. The fourth-order valence-electron chi connectivity index (χ4n) is 1.85. The summed E-state index contributed by atoms with van der Waals surface area (Å²) in [5, 5.41) is 0. The number of benzene rings is 2. The highest BCUT2D eigenvalue weighted by Crippen LogP contribution is 2.16. The minimum Gasteiger partial charge on any atom is -0.326 e. The minimum atomic E-state index is 0.275. The molecule has 2 aromatic rings. The maximum atomic E-state index is 6.16. The highest BCUT2D eigenvalue weighted by molar-refractivity contribution is 7.99. The fourth-order valence-corrected chi connectivity index (χ4v) is 3.94. The van der Waals surface area contributed by atoms with Gasteiger partial charge in [-0.1, -0.05) is 60.7 Å². The van der Waals surface area contributed by atoms with Crippen LogP contribution in [-0.2, 0) is 11.5 Å². The van der Waals surface area contributed by atoms with E-state index in [0.717, 1.165) is 23.0 Å². The lowest BCUT2D eigenvalue weighted by Crippen LogP contribution is -2.25. The molecule has 0 saturated carbocycles. The van der Waals surface area contributed by atoms with Gasteiger partial charge in [-0.3, -0.25) is 0 Å². The average molecular weight is 303 g/mol. The molecule has 0 saturated heterocycles. The summed E-state index contributed by atoms with van der Waals surface area (Å²) in [6, 6.07) is 21.4. The van der Waals surface area contributed by atoms with Crippen LogP contribution in [0.3, 0.4) is 0 Å². The highest BCUT2D eigenvalue weighted by atomic mass is 32.2. The predicted octanol–water partition coefficient (Wildman–Crippen LogP) is 4.18. The molecule has 2 aromatic carbocycles. The first-order valence-electron chi connectivity index (χ1n) is 6.83. The van der Waals surface area contributed by atoms with E-state index in [1.807, 2.05) is 23.5 Å². The van der Waals surface area contributed by atoms with Crippen LogP contribution in [0.2, 0.25) is 0 Å². The fraction of sp³-hybridized carbons (Fsp3) is 0.294. The quantitative estimate of drug-likeness (QED) is 0.792. The van der Waals surface area contributed by atoms with Gasteiger partial charge in [0.05, 0.1) is 0 Å². The van der Waals surface area contributed by atoms with Crippen molar-refractivity contribution in [3.63, 3.8) is 0 Å². The first-order chi connectivity index (χ1) is 9.84.